The molecule has 1 aliphatic rings. The molecule has 2 aromatic rings. The third-order valence-electron chi connectivity index (χ3n) is 3.47. The molecule has 3 rings (SSSR count). The molecule has 6 nitrogen and oxygen atoms in total. The number of nitrogens with zero attached hydrogens (tertiary/aromatic N) is 3. The van der Waals surface area contributed by atoms with Crippen LogP contribution in [0.4, 0.5) is 0 Å². The number of aromatic nitrogens is 3. The van der Waals surface area contributed by atoms with Crippen molar-refractivity contribution in [1.82, 2.24) is 20.1 Å². The molecule has 1 N–H and O–H groups in total. The lowest BCUT2D eigenvalue weighted by Gasteiger charge is -2.10. The van der Waals surface area contributed by atoms with Gasteiger partial charge in [-0.15, -0.1) is 0 Å². The SMILES string of the molecule is O=C(C[C@H]1CCCO1)NCc1ccc(-n2cccn2)nc1. The smallest absolute Gasteiger partial charge is 0.222 e. The minimum Gasteiger partial charge on any atom is -0.378 e. The van der Waals surface area contributed by atoms with Crippen LogP contribution >= 0.6 is 0 Å². The predicted octanol–water partition coefficient (Wildman–Crippen LogP) is 1.45. The van der Waals surface area contributed by atoms with Crippen molar-refractivity contribution in [2.75, 3.05) is 6.61 Å². The highest BCUT2D eigenvalue weighted by atomic mass is 16.5. The number of pyridine rings is 1. The van der Waals surface area contributed by atoms with Crippen molar-refractivity contribution < 1.29 is 9.53 Å². The average molecular weight is 286 g/mol. The van der Waals surface area contributed by atoms with Crippen molar-refractivity contribution in [3.8, 4) is 5.82 Å². The van der Waals surface area contributed by atoms with Crippen molar-refractivity contribution in [1.29, 1.82) is 0 Å². The predicted molar refractivity (Wildman–Crippen MR) is 76.8 cm³/mol. The average Bonchev–Trinajstić information content (AvgIpc) is 3.19. The monoisotopic (exact) mass is 286 g/mol. The van der Waals surface area contributed by atoms with Gasteiger partial charge in [0.2, 0.25) is 5.91 Å². The summed E-state index contributed by atoms with van der Waals surface area (Å²) in [6.45, 7) is 1.26. The highest BCUT2D eigenvalue weighted by Crippen LogP contribution is 2.15. The Morgan fingerprint density at radius 3 is 3.10 bits per heavy atom. The number of nitrogens with one attached hydrogen (secondary N) is 1. The first-order valence-electron chi connectivity index (χ1n) is 7.14. The summed E-state index contributed by atoms with van der Waals surface area (Å²) in [6.07, 6.45) is 7.86. The van der Waals surface area contributed by atoms with Crippen molar-refractivity contribution in [2.24, 2.45) is 0 Å². The fourth-order valence-corrected chi connectivity index (χ4v) is 2.35. The van der Waals surface area contributed by atoms with Crippen LogP contribution < -0.4 is 5.32 Å². The Labute approximate surface area is 123 Å². The molecule has 2 aromatic heterocycles. The van der Waals surface area contributed by atoms with Gasteiger partial charge in [-0.25, -0.2) is 9.67 Å². The lowest BCUT2D eigenvalue weighted by Crippen LogP contribution is -2.26. The molecular formula is C15H18N4O2. The van der Waals surface area contributed by atoms with E-state index < -0.39 is 0 Å². The molecule has 1 saturated heterocycles. The van der Waals surface area contributed by atoms with Crippen LogP contribution in [0.2, 0.25) is 0 Å². The topological polar surface area (TPSA) is 69.0 Å². The summed E-state index contributed by atoms with van der Waals surface area (Å²) in [5.41, 5.74) is 0.964. The first-order valence-corrected chi connectivity index (χ1v) is 7.14. The highest BCUT2D eigenvalue weighted by molar-refractivity contribution is 5.76. The third-order valence-corrected chi connectivity index (χ3v) is 3.47. The number of ether oxygens (including phenoxy) is 1. The summed E-state index contributed by atoms with van der Waals surface area (Å²) in [5.74, 6) is 0.785. The van der Waals surface area contributed by atoms with Gasteiger partial charge in [-0.3, -0.25) is 4.79 Å². The van der Waals surface area contributed by atoms with Gasteiger partial charge in [0.15, 0.2) is 5.82 Å². The lowest BCUT2D eigenvalue weighted by atomic mass is 10.2. The number of carbonyl (C=O) groups is 1. The Morgan fingerprint density at radius 2 is 2.43 bits per heavy atom. The van der Waals surface area contributed by atoms with E-state index in [2.05, 4.69) is 15.4 Å². The quantitative estimate of drug-likeness (QED) is 0.903. The van der Waals surface area contributed by atoms with E-state index >= 15 is 0 Å². The summed E-state index contributed by atoms with van der Waals surface area (Å²) in [6, 6.07) is 5.67. The number of amides is 1. The Hall–Kier alpha value is -2.21. The van der Waals surface area contributed by atoms with Crippen LogP contribution in [-0.4, -0.2) is 33.4 Å². The third kappa shape index (κ3) is 3.66. The van der Waals surface area contributed by atoms with Gasteiger partial charge in [-0.1, -0.05) is 6.07 Å². The first kappa shape index (κ1) is 13.8. The Morgan fingerprint density at radius 1 is 1.48 bits per heavy atom. The summed E-state index contributed by atoms with van der Waals surface area (Å²) in [7, 11) is 0. The van der Waals surface area contributed by atoms with E-state index in [1.54, 1.807) is 17.1 Å². The zero-order valence-electron chi connectivity index (χ0n) is 11.7. The van der Waals surface area contributed by atoms with Crippen LogP contribution in [0.25, 0.3) is 5.82 Å². The van der Waals surface area contributed by atoms with Gasteiger partial charge in [0.25, 0.3) is 0 Å². The largest absolute Gasteiger partial charge is 0.378 e. The molecule has 3 heterocycles. The number of rotatable bonds is 5. The number of hydrogen-bond acceptors (Lipinski definition) is 4. The normalized spacial score (nSPS) is 17.8. The van der Waals surface area contributed by atoms with E-state index in [4.69, 9.17) is 4.74 Å². The van der Waals surface area contributed by atoms with Crippen LogP contribution in [0.3, 0.4) is 0 Å². The lowest BCUT2D eigenvalue weighted by molar-refractivity contribution is -0.123. The van der Waals surface area contributed by atoms with E-state index in [9.17, 15) is 4.79 Å². The zero-order valence-corrected chi connectivity index (χ0v) is 11.7. The Bertz CT molecular complexity index is 574. The van der Waals surface area contributed by atoms with E-state index in [-0.39, 0.29) is 12.0 Å². The minimum atomic E-state index is 0.0260. The molecule has 21 heavy (non-hydrogen) atoms. The fraction of sp³-hybridized carbons (Fsp3) is 0.400. The van der Waals surface area contributed by atoms with Gasteiger partial charge >= 0.3 is 0 Å². The molecule has 0 unspecified atom stereocenters. The maximum atomic E-state index is 11.8. The van der Waals surface area contributed by atoms with Gasteiger partial charge in [-0.05, 0) is 30.5 Å². The van der Waals surface area contributed by atoms with E-state index in [1.807, 2.05) is 24.4 Å². The van der Waals surface area contributed by atoms with Gasteiger partial charge in [0, 0.05) is 31.7 Å². The maximum absolute atomic E-state index is 11.8. The van der Waals surface area contributed by atoms with Gasteiger partial charge in [-0.2, -0.15) is 5.10 Å². The van der Waals surface area contributed by atoms with Crippen LogP contribution in [0.5, 0.6) is 0 Å². The molecular weight excluding hydrogens is 268 g/mol. The minimum absolute atomic E-state index is 0.0260. The summed E-state index contributed by atoms with van der Waals surface area (Å²) >= 11 is 0. The number of carbonyl (C=O) groups excluding carboxylic acids is 1. The molecule has 110 valence electrons. The van der Waals surface area contributed by atoms with Gasteiger partial charge < -0.3 is 10.1 Å². The summed E-state index contributed by atoms with van der Waals surface area (Å²) < 4.78 is 7.14. The fourth-order valence-electron chi connectivity index (χ4n) is 2.35. The second kappa shape index (κ2) is 6.49. The van der Waals surface area contributed by atoms with Crippen LogP contribution in [-0.2, 0) is 16.1 Å². The molecule has 0 aromatic carbocycles. The van der Waals surface area contributed by atoms with E-state index in [0.717, 1.165) is 30.8 Å². The maximum Gasteiger partial charge on any atom is 0.222 e. The molecule has 0 spiro atoms. The molecule has 0 aliphatic carbocycles. The molecule has 0 bridgehead atoms. The standard InChI is InChI=1S/C15H18N4O2/c20-15(9-13-3-1-8-21-13)17-11-12-4-5-14(16-10-12)19-7-2-6-18-19/h2,4-7,10,13H,1,3,8-9,11H2,(H,17,20)/t13-/m1/s1. The molecule has 1 atom stereocenters. The van der Waals surface area contributed by atoms with Gasteiger partial charge in [0.1, 0.15) is 0 Å². The Kier molecular flexibility index (Phi) is 4.25. The molecule has 0 radical (unpaired) electrons. The van der Waals surface area contributed by atoms with E-state index in [1.165, 1.54) is 0 Å². The zero-order chi connectivity index (χ0) is 14.5. The molecule has 0 saturated carbocycles. The van der Waals surface area contributed by atoms with Crippen LogP contribution in [0.15, 0.2) is 36.8 Å². The molecule has 6 heteroatoms. The first-order chi connectivity index (χ1) is 10.3. The highest BCUT2D eigenvalue weighted by Gasteiger charge is 2.18. The second-order valence-electron chi connectivity index (χ2n) is 5.09. The van der Waals surface area contributed by atoms with Crippen molar-refractivity contribution in [2.45, 2.75) is 31.9 Å². The summed E-state index contributed by atoms with van der Waals surface area (Å²) in [4.78, 5) is 16.1. The Balaban J connectivity index is 1.50. The van der Waals surface area contributed by atoms with Crippen molar-refractivity contribution >= 4 is 5.91 Å². The van der Waals surface area contributed by atoms with Crippen molar-refractivity contribution in [3.05, 3.63) is 42.4 Å². The van der Waals surface area contributed by atoms with Crippen LogP contribution in [0.1, 0.15) is 24.8 Å². The van der Waals surface area contributed by atoms with Gasteiger partial charge in [0.05, 0.1) is 12.5 Å². The summed E-state index contributed by atoms with van der Waals surface area (Å²) in [5, 5.41) is 7.02. The second-order valence-corrected chi connectivity index (χ2v) is 5.09. The molecule has 1 aliphatic heterocycles. The number of hydrogen-bond donors (Lipinski definition) is 1. The molecule has 1 amide bonds. The molecule has 1 fully saturated rings. The van der Waals surface area contributed by atoms with Crippen molar-refractivity contribution in [3.63, 3.8) is 0 Å². The van der Waals surface area contributed by atoms with E-state index in [0.29, 0.717) is 13.0 Å². The van der Waals surface area contributed by atoms with Crippen LogP contribution in [0, 0.1) is 0 Å².